The first-order chi connectivity index (χ1) is 9.37. The van der Waals surface area contributed by atoms with Gasteiger partial charge in [-0.3, -0.25) is 9.69 Å². The van der Waals surface area contributed by atoms with Gasteiger partial charge in [0.1, 0.15) is 0 Å². The number of hydrogen-bond donors (Lipinski definition) is 0. The van der Waals surface area contributed by atoms with E-state index < -0.39 is 9.84 Å². The highest BCUT2D eigenvalue weighted by Gasteiger charge is 2.21. The van der Waals surface area contributed by atoms with E-state index in [1.54, 1.807) is 12.1 Å². The van der Waals surface area contributed by atoms with Crippen LogP contribution in [0, 0.1) is 0 Å². The number of carbonyl (C=O) groups is 1. The van der Waals surface area contributed by atoms with Crippen molar-refractivity contribution in [1.82, 2.24) is 4.90 Å². The molecule has 1 saturated heterocycles. The third kappa shape index (κ3) is 4.19. The van der Waals surface area contributed by atoms with E-state index in [-0.39, 0.29) is 23.8 Å². The van der Waals surface area contributed by atoms with Gasteiger partial charge >= 0.3 is 0 Å². The van der Waals surface area contributed by atoms with Gasteiger partial charge < -0.3 is 0 Å². The van der Waals surface area contributed by atoms with Crippen LogP contribution in [-0.2, 0) is 9.84 Å². The van der Waals surface area contributed by atoms with Gasteiger partial charge in [-0.1, -0.05) is 23.2 Å². The largest absolute Gasteiger partial charge is 0.295 e. The fourth-order valence-electron chi connectivity index (χ4n) is 2.15. The second-order valence-electron chi connectivity index (χ2n) is 4.83. The lowest BCUT2D eigenvalue weighted by Gasteiger charge is -2.18. The Morgan fingerprint density at radius 1 is 1.20 bits per heavy atom. The SMILES string of the molecule is O=C(CN1CCCS(=O)(=O)CC1)c1ccc(Cl)cc1Cl. The normalized spacial score (nSPS) is 19.5. The lowest BCUT2D eigenvalue weighted by molar-refractivity contribution is 0.0936. The van der Waals surface area contributed by atoms with Gasteiger partial charge in [0.25, 0.3) is 0 Å². The van der Waals surface area contributed by atoms with Crippen LogP contribution in [0.15, 0.2) is 18.2 Å². The number of sulfone groups is 1. The Hall–Kier alpha value is -0.620. The van der Waals surface area contributed by atoms with Crippen LogP contribution in [0.3, 0.4) is 0 Å². The molecule has 0 amide bonds. The van der Waals surface area contributed by atoms with Gasteiger partial charge in [-0.05, 0) is 31.2 Å². The second-order valence-corrected chi connectivity index (χ2v) is 7.98. The summed E-state index contributed by atoms with van der Waals surface area (Å²) in [5.41, 5.74) is 0.420. The van der Waals surface area contributed by atoms with Gasteiger partial charge in [-0.2, -0.15) is 0 Å². The molecule has 1 aromatic carbocycles. The molecule has 0 atom stereocenters. The molecule has 0 aromatic heterocycles. The predicted octanol–water partition coefficient (Wildman–Crippen LogP) is 2.30. The van der Waals surface area contributed by atoms with E-state index in [9.17, 15) is 13.2 Å². The van der Waals surface area contributed by atoms with Gasteiger partial charge in [0.2, 0.25) is 0 Å². The van der Waals surface area contributed by atoms with Crippen molar-refractivity contribution in [1.29, 1.82) is 0 Å². The van der Waals surface area contributed by atoms with Crippen LogP contribution >= 0.6 is 23.2 Å². The molecule has 0 aliphatic carbocycles. The van der Waals surface area contributed by atoms with Crippen molar-refractivity contribution in [2.45, 2.75) is 6.42 Å². The quantitative estimate of drug-likeness (QED) is 0.795. The molecule has 110 valence electrons. The highest BCUT2D eigenvalue weighted by atomic mass is 35.5. The monoisotopic (exact) mass is 335 g/mol. The molecule has 20 heavy (non-hydrogen) atoms. The lowest BCUT2D eigenvalue weighted by atomic mass is 10.1. The van der Waals surface area contributed by atoms with Crippen LogP contribution in [-0.4, -0.2) is 50.2 Å². The fourth-order valence-corrected chi connectivity index (χ4v) is 3.98. The summed E-state index contributed by atoms with van der Waals surface area (Å²) in [5.74, 6) is 0.180. The number of hydrogen-bond acceptors (Lipinski definition) is 4. The molecular weight excluding hydrogens is 321 g/mol. The average Bonchev–Trinajstić information content (AvgIpc) is 2.51. The smallest absolute Gasteiger partial charge is 0.178 e. The fraction of sp³-hybridized carbons (Fsp3) is 0.462. The molecule has 0 N–H and O–H groups in total. The Balaban J connectivity index is 2.04. The number of rotatable bonds is 3. The predicted molar refractivity (Wildman–Crippen MR) is 80.5 cm³/mol. The number of halogens is 2. The van der Waals surface area contributed by atoms with Crippen molar-refractivity contribution in [3.8, 4) is 0 Å². The van der Waals surface area contributed by atoms with E-state index in [4.69, 9.17) is 23.2 Å². The lowest BCUT2D eigenvalue weighted by Crippen LogP contribution is -2.32. The van der Waals surface area contributed by atoms with Crippen LogP contribution in [0.1, 0.15) is 16.8 Å². The molecule has 1 aromatic rings. The first kappa shape index (κ1) is 15.8. The third-order valence-corrected chi connectivity index (χ3v) is 5.51. The molecule has 1 aliphatic heterocycles. The van der Waals surface area contributed by atoms with Crippen LogP contribution in [0.4, 0.5) is 0 Å². The van der Waals surface area contributed by atoms with Gasteiger partial charge in [0, 0.05) is 17.1 Å². The number of benzene rings is 1. The molecule has 2 rings (SSSR count). The van der Waals surface area contributed by atoms with Crippen LogP contribution < -0.4 is 0 Å². The average molecular weight is 336 g/mol. The molecule has 1 aliphatic rings. The molecule has 0 bridgehead atoms. The Labute approximate surface area is 128 Å². The Kier molecular flexibility index (Phi) is 5.07. The first-order valence-corrected chi connectivity index (χ1v) is 8.86. The van der Waals surface area contributed by atoms with Gasteiger partial charge in [-0.15, -0.1) is 0 Å². The molecule has 1 heterocycles. The minimum atomic E-state index is -2.96. The first-order valence-electron chi connectivity index (χ1n) is 6.28. The summed E-state index contributed by atoms with van der Waals surface area (Å²) >= 11 is 11.8. The summed E-state index contributed by atoms with van der Waals surface area (Å²) < 4.78 is 23.0. The molecule has 0 saturated carbocycles. The van der Waals surface area contributed by atoms with Crippen molar-refractivity contribution < 1.29 is 13.2 Å². The molecule has 0 radical (unpaired) electrons. The minimum Gasteiger partial charge on any atom is -0.295 e. The summed E-state index contributed by atoms with van der Waals surface area (Å²) in [7, 11) is -2.96. The standard InChI is InChI=1S/C13H15Cl2NO3S/c14-10-2-3-11(12(15)8-10)13(17)9-16-4-1-6-20(18,19)7-5-16/h2-3,8H,1,4-7,9H2. The van der Waals surface area contributed by atoms with E-state index in [1.807, 2.05) is 4.90 Å². The summed E-state index contributed by atoms with van der Waals surface area (Å²) in [6.07, 6.45) is 0.559. The van der Waals surface area contributed by atoms with E-state index in [0.717, 1.165) is 0 Å². The maximum absolute atomic E-state index is 12.2. The molecular formula is C13H15Cl2NO3S. The molecule has 0 unspecified atom stereocenters. The topological polar surface area (TPSA) is 54.5 Å². The van der Waals surface area contributed by atoms with Crippen molar-refractivity contribution in [2.24, 2.45) is 0 Å². The van der Waals surface area contributed by atoms with Crippen LogP contribution in [0.2, 0.25) is 10.0 Å². The van der Waals surface area contributed by atoms with Gasteiger partial charge in [0.15, 0.2) is 15.6 Å². The van der Waals surface area contributed by atoms with E-state index in [1.165, 1.54) is 6.07 Å². The Bertz CT molecular complexity index is 616. The Morgan fingerprint density at radius 3 is 2.65 bits per heavy atom. The van der Waals surface area contributed by atoms with Crippen molar-refractivity contribution in [2.75, 3.05) is 31.1 Å². The third-order valence-electron chi connectivity index (χ3n) is 3.25. The second kappa shape index (κ2) is 6.43. The van der Waals surface area contributed by atoms with Gasteiger partial charge in [-0.25, -0.2) is 8.42 Å². The number of carbonyl (C=O) groups excluding carboxylic acids is 1. The summed E-state index contributed by atoms with van der Waals surface area (Å²) in [4.78, 5) is 14.1. The summed E-state index contributed by atoms with van der Waals surface area (Å²) in [5, 5.41) is 0.803. The highest BCUT2D eigenvalue weighted by Crippen LogP contribution is 2.21. The number of Topliss-reactive ketones (excluding diaryl/α,β-unsaturated/α-hetero) is 1. The van der Waals surface area contributed by atoms with Crippen molar-refractivity contribution >= 4 is 38.8 Å². The Morgan fingerprint density at radius 2 is 1.95 bits per heavy atom. The van der Waals surface area contributed by atoms with Crippen LogP contribution in [0.5, 0.6) is 0 Å². The number of nitrogens with zero attached hydrogens (tertiary/aromatic N) is 1. The number of ketones is 1. The van der Waals surface area contributed by atoms with Gasteiger partial charge in [0.05, 0.1) is 23.1 Å². The van der Waals surface area contributed by atoms with E-state index in [2.05, 4.69) is 0 Å². The summed E-state index contributed by atoms with van der Waals surface area (Å²) in [6, 6.07) is 4.75. The van der Waals surface area contributed by atoms with Crippen LogP contribution in [0.25, 0.3) is 0 Å². The zero-order valence-corrected chi connectivity index (χ0v) is 13.1. The molecule has 0 spiro atoms. The molecule has 7 heteroatoms. The minimum absolute atomic E-state index is 0.106. The maximum atomic E-state index is 12.2. The van der Waals surface area contributed by atoms with E-state index >= 15 is 0 Å². The molecule has 1 fully saturated rings. The zero-order chi connectivity index (χ0) is 14.8. The van der Waals surface area contributed by atoms with E-state index in [0.29, 0.717) is 35.1 Å². The summed E-state index contributed by atoms with van der Waals surface area (Å²) in [6.45, 7) is 1.17. The maximum Gasteiger partial charge on any atom is 0.178 e. The van der Waals surface area contributed by atoms with Crippen molar-refractivity contribution in [3.05, 3.63) is 33.8 Å². The highest BCUT2D eigenvalue weighted by molar-refractivity contribution is 7.91. The van der Waals surface area contributed by atoms with Crippen molar-refractivity contribution in [3.63, 3.8) is 0 Å². The molecule has 4 nitrogen and oxygen atoms in total. The zero-order valence-electron chi connectivity index (χ0n) is 10.8.